The number of aliphatic hydroxyl groups excluding tert-OH is 1. The number of hydrogen-bond donors (Lipinski definition) is 1. The van der Waals surface area contributed by atoms with E-state index in [2.05, 4.69) is 25.7 Å². The van der Waals surface area contributed by atoms with E-state index in [9.17, 15) is 4.79 Å². The fourth-order valence-corrected chi connectivity index (χ4v) is 2.37. The Labute approximate surface area is 112 Å². The van der Waals surface area contributed by atoms with Gasteiger partial charge in [-0.2, -0.15) is 0 Å². The molecule has 0 aromatic carbocycles. The third kappa shape index (κ3) is 4.17. The molecule has 0 saturated heterocycles. The molecule has 1 heterocycles. The summed E-state index contributed by atoms with van der Waals surface area (Å²) in [6.07, 6.45) is 0. The van der Waals surface area contributed by atoms with Gasteiger partial charge in [-0.1, -0.05) is 25.7 Å². The third-order valence-corrected chi connectivity index (χ3v) is 3.24. The number of carbonyl (C=O) groups excluding carboxylic acids is 1. The summed E-state index contributed by atoms with van der Waals surface area (Å²) in [5.41, 5.74) is 0.685. The topological polar surface area (TPSA) is 40.5 Å². The molecule has 0 unspecified atom stereocenters. The largest absolute Gasteiger partial charge is 0.384 e. The number of hydrogen-bond acceptors (Lipinski definition) is 3. The van der Waals surface area contributed by atoms with E-state index in [-0.39, 0.29) is 12.5 Å². The second kappa shape index (κ2) is 7.20. The molecule has 0 radical (unpaired) electrons. The lowest BCUT2D eigenvalue weighted by atomic mass is 10.2. The maximum absolute atomic E-state index is 12.2. The second-order valence-electron chi connectivity index (χ2n) is 4.40. The summed E-state index contributed by atoms with van der Waals surface area (Å²) in [6.45, 7) is 7.51. The quantitative estimate of drug-likeness (QED) is 0.848. The van der Waals surface area contributed by atoms with Crippen molar-refractivity contribution in [2.75, 3.05) is 19.7 Å². The van der Waals surface area contributed by atoms with Gasteiger partial charge in [0.1, 0.15) is 6.61 Å². The first-order valence-electron chi connectivity index (χ1n) is 6.06. The summed E-state index contributed by atoms with van der Waals surface area (Å²) in [6, 6.07) is 1.79. The van der Waals surface area contributed by atoms with E-state index in [1.807, 2.05) is 17.2 Å². The van der Waals surface area contributed by atoms with Crippen LogP contribution in [0.4, 0.5) is 0 Å². The van der Waals surface area contributed by atoms with Crippen molar-refractivity contribution in [2.24, 2.45) is 5.92 Å². The van der Waals surface area contributed by atoms with Crippen LogP contribution in [0.2, 0.25) is 0 Å². The lowest BCUT2D eigenvalue weighted by Crippen LogP contribution is -2.33. The minimum absolute atomic E-state index is 0.0551. The number of aliphatic hydroxyl groups is 1. The third-order valence-electron chi connectivity index (χ3n) is 2.39. The Balaban J connectivity index is 2.79. The average Bonchev–Trinajstić information content (AvgIpc) is 2.81. The highest BCUT2D eigenvalue weighted by Gasteiger charge is 2.16. The van der Waals surface area contributed by atoms with Crippen molar-refractivity contribution in [1.82, 2.24) is 4.90 Å². The first-order valence-corrected chi connectivity index (χ1v) is 6.94. The number of nitrogens with zero attached hydrogens (tertiary/aromatic N) is 1. The minimum atomic E-state index is -0.157. The fourth-order valence-electron chi connectivity index (χ4n) is 1.62. The summed E-state index contributed by atoms with van der Waals surface area (Å²) in [5, 5.41) is 10.5. The first kappa shape index (κ1) is 14.7. The number of rotatable bonds is 4. The number of carbonyl (C=O) groups is 1. The molecule has 1 rings (SSSR count). The van der Waals surface area contributed by atoms with Crippen molar-refractivity contribution in [1.29, 1.82) is 0 Å². The maximum Gasteiger partial charge on any atom is 0.254 e. The molecule has 0 spiro atoms. The molecule has 0 aliphatic carbocycles. The zero-order chi connectivity index (χ0) is 13.5. The summed E-state index contributed by atoms with van der Waals surface area (Å²) in [5.74, 6) is 5.91. The molecular weight excluding hydrogens is 246 g/mol. The molecule has 1 aromatic rings. The van der Waals surface area contributed by atoms with E-state index in [1.54, 1.807) is 6.07 Å². The Kier molecular flexibility index (Phi) is 5.90. The molecule has 4 heteroatoms. The van der Waals surface area contributed by atoms with Gasteiger partial charge in [0, 0.05) is 18.5 Å². The van der Waals surface area contributed by atoms with Crippen LogP contribution >= 0.6 is 11.3 Å². The number of amides is 1. The van der Waals surface area contributed by atoms with Crippen LogP contribution in [0, 0.1) is 17.8 Å². The maximum atomic E-state index is 12.2. The van der Waals surface area contributed by atoms with Gasteiger partial charge in [-0.25, -0.2) is 0 Å². The van der Waals surface area contributed by atoms with Crippen LogP contribution in [0.5, 0.6) is 0 Å². The molecule has 0 saturated carbocycles. The number of thiophene rings is 1. The van der Waals surface area contributed by atoms with E-state index in [4.69, 9.17) is 5.11 Å². The van der Waals surface area contributed by atoms with Crippen molar-refractivity contribution >= 4 is 17.2 Å². The van der Waals surface area contributed by atoms with Crippen molar-refractivity contribution in [3.05, 3.63) is 21.9 Å². The van der Waals surface area contributed by atoms with Crippen LogP contribution < -0.4 is 0 Å². The molecule has 0 aliphatic rings. The van der Waals surface area contributed by atoms with Gasteiger partial charge in [-0.05, 0) is 18.9 Å². The normalized spacial score (nSPS) is 10.1. The summed E-state index contributed by atoms with van der Waals surface area (Å²) in [4.78, 5) is 14.9. The molecule has 98 valence electrons. The van der Waals surface area contributed by atoms with Gasteiger partial charge in [-0.3, -0.25) is 4.79 Å². The summed E-state index contributed by atoms with van der Waals surface area (Å²) >= 11 is 1.43. The Morgan fingerprint density at radius 1 is 1.56 bits per heavy atom. The SMILES string of the molecule is CCN(CC(C)C)C(=O)c1csc(C#CCO)c1. The lowest BCUT2D eigenvalue weighted by molar-refractivity contribution is 0.0746. The highest BCUT2D eigenvalue weighted by Crippen LogP contribution is 2.16. The van der Waals surface area contributed by atoms with E-state index in [0.717, 1.165) is 11.4 Å². The van der Waals surface area contributed by atoms with Crippen molar-refractivity contribution in [2.45, 2.75) is 20.8 Å². The van der Waals surface area contributed by atoms with Crippen LogP contribution in [0.15, 0.2) is 11.4 Å². The molecule has 0 bridgehead atoms. The Morgan fingerprint density at radius 2 is 2.28 bits per heavy atom. The Bertz CT molecular complexity index is 454. The highest BCUT2D eigenvalue weighted by atomic mass is 32.1. The lowest BCUT2D eigenvalue weighted by Gasteiger charge is -2.22. The second-order valence-corrected chi connectivity index (χ2v) is 5.31. The molecular formula is C14H19NO2S. The van der Waals surface area contributed by atoms with Gasteiger partial charge in [0.25, 0.3) is 5.91 Å². The zero-order valence-electron chi connectivity index (χ0n) is 11.1. The summed E-state index contributed by atoms with van der Waals surface area (Å²) in [7, 11) is 0. The van der Waals surface area contributed by atoms with Gasteiger partial charge in [0.2, 0.25) is 0 Å². The van der Waals surface area contributed by atoms with Gasteiger partial charge in [0.15, 0.2) is 0 Å². The fraction of sp³-hybridized carbons (Fsp3) is 0.500. The standard InChI is InChI=1S/C14H19NO2S/c1-4-15(9-11(2)3)14(17)12-8-13(18-10-12)6-5-7-16/h8,10-11,16H,4,7,9H2,1-3H3. The molecule has 1 amide bonds. The molecule has 0 atom stereocenters. The summed E-state index contributed by atoms with van der Waals surface area (Å²) < 4.78 is 0. The molecule has 18 heavy (non-hydrogen) atoms. The van der Waals surface area contributed by atoms with Gasteiger partial charge < -0.3 is 10.0 Å². The Hall–Kier alpha value is -1.31. The van der Waals surface area contributed by atoms with Gasteiger partial charge in [0.05, 0.1) is 10.4 Å². The molecule has 0 aliphatic heterocycles. The van der Waals surface area contributed by atoms with Crippen molar-refractivity contribution in [3.8, 4) is 11.8 Å². The van der Waals surface area contributed by atoms with Crippen molar-refractivity contribution in [3.63, 3.8) is 0 Å². The van der Waals surface area contributed by atoms with Crippen LogP contribution in [-0.4, -0.2) is 35.6 Å². The predicted molar refractivity (Wildman–Crippen MR) is 74.7 cm³/mol. The molecule has 1 N–H and O–H groups in total. The average molecular weight is 265 g/mol. The van der Waals surface area contributed by atoms with E-state index in [1.165, 1.54) is 11.3 Å². The highest BCUT2D eigenvalue weighted by molar-refractivity contribution is 7.10. The van der Waals surface area contributed by atoms with Crippen LogP contribution in [0.3, 0.4) is 0 Å². The Morgan fingerprint density at radius 3 is 2.83 bits per heavy atom. The van der Waals surface area contributed by atoms with Gasteiger partial charge in [-0.15, -0.1) is 11.3 Å². The molecule has 1 aromatic heterocycles. The van der Waals surface area contributed by atoms with Crippen LogP contribution in [-0.2, 0) is 0 Å². The predicted octanol–water partition coefficient (Wildman–Crippen LogP) is 2.21. The smallest absolute Gasteiger partial charge is 0.254 e. The van der Waals surface area contributed by atoms with E-state index >= 15 is 0 Å². The van der Waals surface area contributed by atoms with E-state index < -0.39 is 0 Å². The van der Waals surface area contributed by atoms with Crippen molar-refractivity contribution < 1.29 is 9.90 Å². The van der Waals surface area contributed by atoms with Crippen LogP contribution in [0.1, 0.15) is 36.0 Å². The first-order chi connectivity index (χ1) is 8.58. The minimum Gasteiger partial charge on any atom is -0.384 e. The molecule has 3 nitrogen and oxygen atoms in total. The molecule has 0 fully saturated rings. The van der Waals surface area contributed by atoms with Crippen LogP contribution in [0.25, 0.3) is 0 Å². The van der Waals surface area contributed by atoms with E-state index in [0.29, 0.717) is 18.0 Å². The van der Waals surface area contributed by atoms with Gasteiger partial charge >= 0.3 is 0 Å². The zero-order valence-corrected chi connectivity index (χ0v) is 11.9. The monoisotopic (exact) mass is 265 g/mol.